The molecule has 18 heavy (non-hydrogen) atoms. The van der Waals surface area contributed by atoms with Gasteiger partial charge in [-0.05, 0) is 38.7 Å². The molecule has 0 N–H and O–H groups in total. The van der Waals surface area contributed by atoms with Crippen molar-refractivity contribution in [2.45, 2.75) is 38.7 Å². The van der Waals surface area contributed by atoms with E-state index in [1.54, 1.807) is 25.1 Å². The van der Waals surface area contributed by atoms with Gasteiger partial charge in [0.15, 0.2) is 0 Å². The second-order valence-corrected chi connectivity index (χ2v) is 4.46. The Kier molecular flexibility index (Phi) is 3.92. The fourth-order valence-corrected chi connectivity index (χ4v) is 2.14. The summed E-state index contributed by atoms with van der Waals surface area (Å²) in [5.41, 5.74) is 1.13. The SMILES string of the molecule is C/C(=N\OC1CCCC1)c1ccccc1[N+](=O)[O-]. The number of nitro groups is 1. The lowest BCUT2D eigenvalue weighted by molar-refractivity contribution is -0.385. The van der Waals surface area contributed by atoms with Crippen LogP contribution in [-0.2, 0) is 4.84 Å². The number of para-hydroxylation sites is 1. The average molecular weight is 248 g/mol. The Morgan fingerprint density at radius 1 is 1.39 bits per heavy atom. The zero-order valence-corrected chi connectivity index (χ0v) is 10.3. The first-order valence-electron chi connectivity index (χ1n) is 6.12. The summed E-state index contributed by atoms with van der Waals surface area (Å²) in [6.45, 7) is 1.73. The van der Waals surface area contributed by atoms with Crippen LogP contribution in [0.5, 0.6) is 0 Å². The maximum Gasteiger partial charge on any atom is 0.278 e. The van der Waals surface area contributed by atoms with Gasteiger partial charge in [0.05, 0.1) is 16.2 Å². The van der Waals surface area contributed by atoms with Crippen LogP contribution in [0.3, 0.4) is 0 Å². The highest BCUT2D eigenvalue weighted by Crippen LogP contribution is 2.22. The predicted molar refractivity (Wildman–Crippen MR) is 68.6 cm³/mol. The number of nitrogens with zero attached hydrogens (tertiary/aromatic N) is 2. The minimum Gasteiger partial charge on any atom is -0.392 e. The summed E-state index contributed by atoms with van der Waals surface area (Å²) < 4.78 is 0. The molecule has 1 fully saturated rings. The van der Waals surface area contributed by atoms with Crippen LogP contribution in [-0.4, -0.2) is 16.7 Å². The van der Waals surface area contributed by atoms with Crippen molar-refractivity contribution in [2.24, 2.45) is 5.16 Å². The van der Waals surface area contributed by atoms with Gasteiger partial charge in [-0.1, -0.05) is 17.3 Å². The number of oxime groups is 1. The summed E-state index contributed by atoms with van der Waals surface area (Å²) >= 11 is 0. The van der Waals surface area contributed by atoms with E-state index >= 15 is 0 Å². The first kappa shape index (κ1) is 12.5. The van der Waals surface area contributed by atoms with Crippen LogP contribution < -0.4 is 0 Å². The topological polar surface area (TPSA) is 64.7 Å². The fraction of sp³-hybridized carbons (Fsp3) is 0.462. The Morgan fingerprint density at radius 2 is 2.06 bits per heavy atom. The minimum absolute atomic E-state index is 0.0637. The Bertz CT molecular complexity index is 465. The maximum atomic E-state index is 10.9. The van der Waals surface area contributed by atoms with Gasteiger partial charge in [0.1, 0.15) is 6.10 Å². The van der Waals surface area contributed by atoms with Gasteiger partial charge in [-0.15, -0.1) is 0 Å². The van der Waals surface area contributed by atoms with Crippen LogP contribution in [0, 0.1) is 10.1 Å². The number of hydrogen-bond acceptors (Lipinski definition) is 4. The molecule has 0 aromatic heterocycles. The number of benzene rings is 1. The summed E-state index contributed by atoms with van der Waals surface area (Å²) in [6.07, 6.45) is 4.55. The second-order valence-electron chi connectivity index (χ2n) is 4.46. The van der Waals surface area contributed by atoms with Crippen molar-refractivity contribution in [2.75, 3.05) is 0 Å². The molecule has 1 aromatic carbocycles. The largest absolute Gasteiger partial charge is 0.392 e. The van der Waals surface area contributed by atoms with E-state index in [2.05, 4.69) is 5.16 Å². The van der Waals surface area contributed by atoms with E-state index in [9.17, 15) is 10.1 Å². The Balaban J connectivity index is 2.14. The zero-order valence-electron chi connectivity index (χ0n) is 10.3. The molecule has 0 aliphatic heterocycles. The van der Waals surface area contributed by atoms with Gasteiger partial charge in [-0.3, -0.25) is 10.1 Å². The Hall–Kier alpha value is -1.91. The third-order valence-electron chi connectivity index (χ3n) is 3.13. The lowest BCUT2D eigenvalue weighted by atomic mass is 10.1. The summed E-state index contributed by atoms with van der Waals surface area (Å²) in [7, 11) is 0. The first-order chi connectivity index (χ1) is 8.68. The molecule has 1 aliphatic carbocycles. The molecule has 5 nitrogen and oxygen atoms in total. The molecule has 0 spiro atoms. The first-order valence-corrected chi connectivity index (χ1v) is 6.12. The van der Waals surface area contributed by atoms with Crippen molar-refractivity contribution >= 4 is 11.4 Å². The quantitative estimate of drug-likeness (QED) is 0.466. The molecule has 0 radical (unpaired) electrons. The molecule has 1 saturated carbocycles. The van der Waals surface area contributed by atoms with Crippen molar-refractivity contribution < 1.29 is 9.76 Å². The molecule has 0 unspecified atom stereocenters. The lowest BCUT2D eigenvalue weighted by Crippen LogP contribution is -2.07. The van der Waals surface area contributed by atoms with E-state index in [0.29, 0.717) is 11.3 Å². The molecule has 5 heteroatoms. The Morgan fingerprint density at radius 3 is 2.72 bits per heavy atom. The van der Waals surface area contributed by atoms with E-state index in [1.807, 2.05) is 0 Å². The molecule has 96 valence electrons. The lowest BCUT2D eigenvalue weighted by Gasteiger charge is -2.08. The standard InChI is InChI=1S/C13H16N2O3/c1-10(14-18-11-6-2-3-7-11)12-8-4-5-9-13(12)15(16)17/h4-5,8-9,11H,2-3,6-7H2,1H3/b14-10+. The van der Waals surface area contributed by atoms with E-state index in [-0.39, 0.29) is 11.8 Å². The highest BCUT2D eigenvalue weighted by Gasteiger charge is 2.18. The highest BCUT2D eigenvalue weighted by molar-refractivity contribution is 6.01. The molecule has 1 aliphatic rings. The molecule has 0 atom stereocenters. The van der Waals surface area contributed by atoms with Gasteiger partial charge >= 0.3 is 0 Å². The molecular weight excluding hydrogens is 232 g/mol. The monoisotopic (exact) mass is 248 g/mol. The summed E-state index contributed by atoms with van der Waals surface area (Å²) in [5.74, 6) is 0. The van der Waals surface area contributed by atoms with Crippen LogP contribution >= 0.6 is 0 Å². The summed E-state index contributed by atoms with van der Waals surface area (Å²) in [4.78, 5) is 15.9. The average Bonchev–Trinajstić information content (AvgIpc) is 2.89. The molecule has 2 rings (SSSR count). The van der Waals surface area contributed by atoms with Crippen molar-refractivity contribution in [3.8, 4) is 0 Å². The third-order valence-corrected chi connectivity index (χ3v) is 3.13. The smallest absolute Gasteiger partial charge is 0.278 e. The van der Waals surface area contributed by atoms with E-state index in [4.69, 9.17) is 4.84 Å². The zero-order chi connectivity index (χ0) is 13.0. The van der Waals surface area contributed by atoms with Crippen LogP contribution in [0.1, 0.15) is 38.2 Å². The van der Waals surface area contributed by atoms with Crippen molar-refractivity contribution in [3.05, 3.63) is 39.9 Å². The number of rotatable bonds is 4. The van der Waals surface area contributed by atoms with Gasteiger partial charge < -0.3 is 4.84 Å². The molecule has 0 heterocycles. The van der Waals surface area contributed by atoms with Gasteiger partial charge in [0.2, 0.25) is 0 Å². The van der Waals surface area contributed by atoms with Gasteiger partial charge in [0.25, 0.3) is 5.69 Å². The van der Waals surface area contributed by atoms with Gasteiger partial charge in [-0.25, -0.2) is 0 Å². The van der Waals surface area contributed by atoms with Crippen LogP contribution in [0.25, 0.3) is 0 Å². The molecule has 0 amide bonds. The van der Waals surface area contributed by atoms with E-state index in [1.165, 1.54) is 18.9 Å². The van der Waals surface area contributed by atoms with Crippen molar-refractivity contribution in [1.29, 1.82) is 0 Å². The van der Waals surface area contributed by atoms with Crippen molar-refractivity contribution in [1.82, 2.24) is 0 Å². The van der Waals surface area contributed by atoms with E-state index < -0.39 is 4.92 Å². The normalized spacial score (nSPS) is 16.8. The van der Waals surface area contributed by atoms with Crippen LogP contribution in [0.2, 0.25) is 0 Å². The fourth-order valence-electron chi connectivity index (χ4n) is 2.14. The van der Waals surface area contributed by atoms with E-state index in [0.717, 1.165) is 12.8 Å². The third kappa shape index (κ3) is 2.85. The molecular formula is C13H16N2O3. The predicted octanol–water partition coefficient (Wildman–Crippen LogP) is 3.28. The van der Waals surface area contributed by atoms with Crippen LogP contribution in [0.4, 0.5) is 5.69 Å². The highest BCUT2D eigenvalue weighted by atomic mass is 16.6. The number of nitro benzene ring substituents is 1. The maximum absolute atomic E-state index is 10.9. The summed E-state index contributed by atoms with van der Waals surface area (Å²) in [6, 6.07) is 6.57. The molecule has 0 bridgehead atoms. The number of hydrogen-bond donors (Lipinski definition) is 0. The molecule has 1 aromatic rings. The van der Waals surface area contributed by atoms with Crippen LogP contribution in [0.15, 0.2) is 29.4 Å². The molecule has 0 saturated heterocycles. The second kappa shape index (κ2) is 5.62. The minimum atomic E-state index is -0.399. The summed E-state index contributed by atoms with van der Waals surface area (Å²) in [5, 5.41) is 14.9. The van der Waals surface area contributed by atoms with Crippen molar-refractivity contribution in [3.63, 3.8) is 0 Å². The van der Waals surface area contributed by atoms with Gasteiger partial charge in [0, 0.05) is 6.07 Å². The Labute approximate surface area is 106 Å². The van der Waals surface area contributed by atoms with Gasteiger partial charge in [-0.2, -0.15) is 0 Å².